The summed E-state index contributed by atoms with van der Waals surface area (Å²) in [6, 6.07) is 15.5. The van der Waals surface area contributed by atoms with Crippen molar-refractivity contribution in [3.05, 3.63) is 101 Å². The molecule has 0 unspecified atom stereocenters. The van der Waals surface area contributed by atoms with Crippen LogP contribution in [0.25, 0.3) is 33.5 Å². The Kier molecular flexibility index (Phi) is 6.00. The molecule has 38 heavy (non-hydrogen) atoms. The van der Waals surface area contributed by atoms with Crippen LogP contribution in [0.4, 0.5) is 14.6 Å². The predicted molar refractivity (Wildman–Crippen MR) is 141 cm³/mol. The van der Waals surface area contributed by atoms with Gasteiger partial charge in [0.2, 0.25) is 0 Å². The molecule has 9 heteroatoms. The number of halogens is 2. The number of nitrogen functional groups attached to an aromatic ring is 1. The molecular formula is C29H25F2N5O2. The molecule has 0 aliphatic heterocycles. The van der Waals surface area contributed by atoms with Gasteiger partial charge in [0, 0.05) is 40.2 Å². The second-order valence-electron chi connectivity index (χ2n) is 9.66. The van der Waals surface area contributed by atoms with Crippen molar-refractivity contribution in [2.24, 2.45) is 0 Å². The van der Waals surface area contributed by atoms with Gasteiger partial charge in [0.05, 0.1) is 6.10 Å². The number of aliphatic hydroxyl groups is 1. The van der Waals surface area contributed by atoms with Gasteiger partial charge in [-0.15, -0.1) is 0 Å². The Labute approximate surface area is 216 Å². The first-order chi connectivity index (χ1) is 18.4. The zero-order chi connectivity index (χ0) is 26.4. The molecule has 6 rings (SSSR count). The number of aromatic nitrogens is 4. The average molecular weight is 514 g/mol. The van der Waals surface area contributed by atoms with Crippen LogP contribution in [-0.4, -0.2) is 30.4 Å². The van der Waals surface area contributed by atoms with Crippen LogP contribution in [0.5, 0.6) is 0 Å². The highest BCUT2D eigenvalue weighted by Gasteiger charge is 2.27. The highest BCUT2D eigenvalue weighted by atomic mass is 19.1. The van der Waals surface area contributed by atoms with Gasteiger partial charge in [0.15, 0.2) is 5.82 Å². The fourth-order valence-electron chi connectivity index (χ4n) is 5.38. The smallest absolute Gasteiger partial charge is 0.262 e. The number of hydrogen-bond donors (Lipinski definition) is 2. The molecular weight excluding hydrogens is 488 g/mol. The maximum atomic E-state index is 15.7. The fourth-order valence-corrected chi connectivity index (χ4v) is 5.38. The van der Waals surface area contributed by atoms with Gasteiger partial charge in [-0.25, -0.2) is 18.3 Å². The number of benzene rings is 2. The van der Waals surface area contributed by atoms with E-state index in [1.807, 2.05) is 6.07 Å². The summed E-state index contributed by atoms with van der Waals surface area (Å²) in [7, 11) is 0. The van der Waals surface area contributed by atoms with Crippen LogP contribution in [-0.2, 0) is 0 Å². The van der Waals surface area contributed by atoms with Crippen molar-refractivity contribution < 1.29 is 13.9 Å². The van der Waals surface area contributed by atoms with E-state index in [-0.39, 0.29) is 23.4 Å². The molecule has 0 saturated heterocycles. The molecule has 0 spiro atoms. The molecule has 1 aliphatic carbocycles. The van der Waals surface area contributed by atoms with Crippen molar-refractivity contribution in [1.82, 2.24) is 19.2 Å². The number of nitrogens with zero attached hydrogens (tertiary/aromatic N) is 4. The number of rotatable bonds is 4. The minimum atomic E-state index is -0.513. The molecule has 0 amide bonds. The van der Waals surface area contributed by atoms with E-state index in [4.69, 9.17) is 5.73 Å². The van der Waals surface area contributed by atoms with Crippen LogP contribution in [0, 0.1) is 11.6 Å². The van der Waals surface area contributed by atoms with E-state index in [9.17, 15) is 14.3 Å². The summed E-state index contributed by atoms with van der Waals surface area (Å²) in [6.07, 6.45) is 5.66. The molecule has 0 radical (unpaired) electrons. The Hall–Kier alpha value is -4.37. The van der Waals surface area contributed by atoms with E-state index >= 15 is 4.39 Å². The highest BCUT2D eigenvalue weighted by molar-refractivity contribution is 5.89. The van der Waals surface area contributed by atoms with Crippen LogP contribution in [0.15, 0.2) is 78.0 Å². The monoisotopic (exact) mass is 513 g/mol. The fraction of sp³-hybridized carbons (Fsp3) is 0.207. The lowest BCUT2D eigenvalue weighted by Gasteiger charge is -2.24. The number of fused-ring (bicyclic) bond motifs is 1. The maximum Gasteiger partial charge on any atom is 0.262 e. The molecule has 5 aromatic rings. The maximum absolute atomic E-state index is 15.7. The predicted octanol–water partition coefficient (Wildman–Crippen LogP) is 5.09. The van der Waals surface area contributed by atoms with E-state index in [1.54, 1.807) is 35.0 Å². The normalized spacial score (nSPS) is 17.7. The van der Waals surface area contributed by atoms with Crippen LogP contribution in [0.3, 0.4) is 0 Å². The quantitative estimate of drug-likeness (QED) is 0.349. The Morgan fingerprint density at radius 3 is 2.42 bits per heavy atom. The van der Waals surface area contributed by atoms with Gasteiger partial charge in [-0.3, -0.25) is 9.36 Å². The van der Waals surface area contributed by atoms with Crippen molar-refractivity contribution in [3.8, 4) is 27.9 Å². The van der Waals surface area contributed by atoms with Gasteiger partial charge in [-0.1, -0.05) is 12.1 Å². The lowest BCUT2D eigenvalue weighted by Crippen LogP contribution is -2.19. The first-order valence-electron chi connectivity index (χ1n) is 12.5. The van der Waals surface area contributed by atoms with Gasteiger partial charge in [-0.05, 0) is 79.8 Å². The van der Waals surface area contributed by atoms with Gasteiger partial charge >= 0.3 is 0 Å². The molecule has 3 aromatic heterocycles. The van der Waals surface area contributed by atoms with E-state index in [1.165, 1.54) is 41.2 Å². The van der Waals surface area contributed by atoms with Gasteiger partial charge in [0.1, 0.15) is 23.5 Å². The molecule has 0 bridgehead atoms. The lowest BCUT2D eigenvalue weighted by atomic mass is 9.85. The van der Waals surface area contributed by atoms with Crippen molar-refractivity contribution in [2.45, 2.75) is 37.7 Å². The Balaban J connectivity index is 1.43. The minimum Gasteiger partial charge on any atom is -0.393 e. The topological polar surface area (TPSA) is 98.4 Å². The summed E-state index contributed by atoms with van der Waals surface area (Å²) < 4.78 is 32.2. The summed E-state index contributed by atoms with van der Waals surface area (Å²) >= 11 is 0. The number of aliphatic hydroxyl groups excluding tert-OH is 1. The standard InChI is InChI=1S/C29H25F2N5O2/c30-19-6-8-20(9-7-19)35-13-1-2-22(29(35)38)18-5-12-23(25(31)14-18)24-15-26(17-3-10-21(37)11-4-17)36-27(24)28(32)33-16-34-36/h1-2,5-9,12-17,21,37H,3-4,10-11H2,(H2,32,33,34). The van der Waals surface area contributed by atoms with Crippen LogP contribution >= 0.6 is 0 Å². The molecule has 1 saturated carbocycles. The van der Waals surface area contributed by atoms with Gasteiger partial charge < -0.3 is 10.8 Å². The zero-order valence-electron chi connectivity index (χ0n) is 20.4. The molecule has 2 aromatic carbocycles. The summed E-state index contributed by atoms with van der Waals surface area (Å²) in [5.74, 6) is -0.513. The second-order valence-corrected chi connectivity index (χ2v) is 9.66. The molecule has 1 aliphatic rings. The zero-order valence-corrected chi connectivity index (χ0v) is 20.4. The largest absolute Gasteiger partial charge is 0.393 e. The SMILES string of the molecule is Nc1ncnn2c(C3CCC(O)CC3)cc(-c3ccc(-c4cccn(-c5ccc(F)cc5)c4=O)cc3F)c12. The third kappa shape index (κ3) is 4.14. The average Bonchev–Trinajstić information content (AvgIpc) is 3.30. The summed E-state index contributed by atoms with van der Waals surface area (Å²) in [5, 5.41) is 14.3. The Morgan fingerprint density at radius 2 is 1.68 bits per heavy atom. The van der Waals surface area contributed by atoms with Crippen LogP contribution < -0.4 is 11.3 Å². The summed E-state index contributed by atoms with van der Waals surface area (Å²) in [5.41, 5.74) is 9.45. The van der Waals surface area contributed by atoms with Crippen molar-refractivity contribution in [3.63, 3.8) is 0 Å². The number of anilines is 1. The minimum absolute atomic E-state index is 0.158. The van der Waals surface area contributed by atoms with Crippen molar-refractivity contribution in [1.29, 1.82) is 0 Å². The summed E-state index contributed by atoms with van der Waals surface area (Å²) in [4.78, 5) is 17.4. The van der Waals surface area contributed by atoms with Crippen molar-refractivity contribution in [2.75, 3.05) is 5.73 Å². The number of nitrogens with two attached hydrogens (primary N) is 1. The first-order valence-corrected chi connectivity index (χ1v) is 12.5. The number of pyridine rings is 1. The molecule has 192 valence electrons. The van der Waals surface area contributed by atoms with Crippen molar-refractivity contribution >= 4 is 11.3 Å². The Bertz CT molecular complexity index is 1700. The third-order valence-electron chi connectivity index (χ3n) is 7.35. The third-order valence-corrected chi connectivity index (χ3v) is 7.35. The summed E-state index contributed by atoms with van der Waals surface area (Å²) in [6.45, 7) is 0. The van der Waals surface area contributed by atoms with E-state index in [2.05, 4.69) is 10.1 Å². The molecule has 3 heterocycles. The van der Waals surface area contributed by atoms with Crippen LogP contribution in [0.1, 0.15) is 37.3 Å². The molecule has 0 atom stereocenters. The van der Waals surface area contributed by atoms with Gasteiger partial charge in [-0.2, -0.15) is 5.10 Å². The lowest BCUT2D eigenvalue weighted by molar-refractivity contribution is 0.121. The highest BCUT2D eigenvalue weighted by Crippen LogP contribution is 2.39. The van der Waals surface area contributed by atoms with Crippen LogP contribution in [0.2, 0.25) is 0 Å². The first kappa shape index (κ1) is 24.0. The van der Waals surface area contributed by atoms with E-state index < -0.39 is 11.6 Å². The van der Waals surface area contributed by atoms with E-state index in [0.29, 0.717) is 46.3 Å². The molecule has 3 N–H and O–H groups in total. The Morgan fingerprint density at radius 1 is 0.921 bits per heavy atom. The molecule has 7 nitrogen and oxygen atoms in total. The van der Waals surface area contributed by atoms with Gasteiger partial charge in [0.25, 0.3) is 5.56 Å². The molecule has 1 fully saturated rings. The number of hydrogen-bond acceptors (Lipinski definition) is 5. The van der Waals surface area contributed by atoms with E-state index in [0.717, 1.165) is 18.5 Å². The second kappa shape index (κ2) is 9.50.